The number of nitrogens with zero attached hydrogens (tertiary/aromatic N) is 5. The third-order valence-corrected chi connectivity index (χ3v) is 4.19. The highest BCUT2D eigenvalue weighted by Gasteiger charge is 2.26. The summed E-state index contributed by atoms with van der Waals surface area (Å²) in [5, 5.41) is 3.16. The van der Waals surface area contributed by atoms with Crippen molar-refractivity contribution in [1.29, 1.82) is 0 Å². The second-order valence-electron chi connectivity index (χ2n) is 5.18. The number of ether oxygens (including phenoxy) is 1. The van der Waals surface area contributed by atoms with Gasteiger partial charge >= 0.3 is 0 Å². The van der Waals surface area contributed by atoms with Gasteiger partial charge in [0.2, 0.25) is 0 Å². The highest BCUT2D eigenvalue weighted by atomic mass is 32.1. The highest BCUT2D eigenvalue weighted by Crippen LogP contribution is 2.27. The Bertz CT molecular complexity index is 575. The Morgan fingerprint density at radius 1 is 1.29 bits per heavy atom. The zero-order valence-corrected chi connectivity index (χ0v) is 13.1. The lowest BCUT2D eigenvalue weighted by molar-refractivity contribution is -0.0348. The molecule has 3 rings (SSSR count). The molecule has 1 fully saturated rings. The third kappa shape index (κ3) is 3.37. The van der Waals surface area contributed by atoms with Crippen LogP contribution in [0, 0.1) is 0 Å². The van der Waals surface area contributed by atoms with Crippen molar-refractivity contribution in [2.75, 3.05) is 38.7 Å². The van der Waals surface area contributed by atoms with Gasteiger partial charge in [0.05, 0.1) is 13.2 Å². The lowest BCUT2D eigenvalue weighted by atomic mass is 10.2. The van der Waals surface area contributed by atoms with E-state index in [4.69, 9.17) is 4.74 Å². The zero-order valence-electron chi connectivity index (χ0n) is 12.3. The first-order valence-electron chi connectivity index (χ1n) is 6.94. The Hall–Kier alpha value is -1.57. The maximum absolute atomic E-state index is 5.92. The van der Waals surface area contributed by atoms with Gasteiger partial charge in [0, 0.05) is 51.2 Å². The minimum Gasteiger partial charge on any atom is -0.369 e. The summed E-state index contributed by atoms with van der Waals surface area (Å²) in [6, 6.07) is 0. The number of thiazole rings is 1. The van der Waals surface area contributed by atoms with Crippen molar-refractivity contribution in [1.82, 2.24) is 19.9 Å². The molecule has 112 valence electrons. The topological polar surface area (TPSA) is 54.4 Å². The van der Waals surface area contributed by atoms with E-state index in [0.29, 0.717) is 6.61 Å². The normalized spacial score (nSPS) is 19.6. The van der Waals surface area contributed by atoms with Crippen LogP contribution in [-0.4, -0.2) is 53.6 Å². The quantitative estimate of drug-likeness (QED) is 0.855. The van der Waals surface area contributed by atoms with Crippen molar-refractivity contribution in [3.05, 3.63) is 34.7 Å². The molecule has 6 nitrogen and oxygen atoms in total. The summed E-state index contributed by atoms with van der Waals surface area (Å²) in [6.07, 6.45) is 5.26. The molecule has 0 aliphatic carbocycles. The van der Waals surface area contributed by atoms with Gasteiger partial charge in [-0.05, 0) is 0 Å². The minimum absolute atomic E-state index is 0.0372. The summed E-state index contributed by atoms with van der Waals surface area (Å²) < 4.78 is 5.92. The molecular formula is C14H19N5OS. The molecule has 0 saturated carbocycles. The summed E-state index contributed by atoms with van der Waals surface area (Å²) in [5.41, 5.74) is 0.909. The number of aromatic nitrogens is 3. The van der Waals surface area contributed by atoms with Crippen LogP contribution < -0.4 is 4.90 Å². The molecule has 21 heavy (non-hydrogen) atoms. The Morgan fingerprint density at radius 3 is 2.90 bits per heavy atom. The van der Waals surface area contributed by atoms with Crippen molar-refractivity contribution >= 4 is 17.2 Å². The summed E-state index contributed by atoms with van der Waals surface area (Å²) in [7, 11) is 3.95. The molecular weight excluding hydrogens is 286 g/mol. The second kappa shape index (κ2) is 6.46. The Morgan fingerprint density at radius 2 is 2.14 bits per heavy atom. The number of anilines is 1. The fourth-order valence-corrected chi connectivity index (χ4v) is 3.10. The van der Waals surface area contributed by atoms with Crippen molar-refractivity contribution in [3.8, 4) is 0 Å². The van der Waals surface area contributed by atoms with E-state index < -0.39 is 0 Å². The van der Waals surface area contributed by atoms with Crippen LogP contribution in [0.1, 0.15) is 16.8 Å². The average Bonchev–Trinajstić information content (AvgIpc) is 3.00. The maximum Gasteiger partial charge on any atom is 0.152 e. The van der Waals surface area contributed by atoms with Crippen molar-refractivity contribution < 1.29 is 4.74 Å². The molecule has 2 aromatic rings. The molecule has 0 amide bonds. The molecule has 0 unspecified atom stereocenters. The van der Waals surface area contributed by atoms with Gasteiger partial charge in [-0.1, -0.05) is 0 Å². The largest absolute Gasteiger partial charge is 0.369 e. The lowest BCUT2D eigenvalue weighted by Crippen LogP contribution is -2.38. The van der Waals surface area contributed by atoms with Gasteiger partial charge in [-0.3, -0.25) is 9.88 Å². The first kappa shape index (κ1) is 14.4. The van der Waals surface area contributed by atoms with Crippen LogP contribution in [0.3, 0.4) is 0 Å². The smallest absolute Gasteiger partial charge is 0.152 e. The number of hydrogen-bond acceptors (Lipinski definition) is 7. The van der Waals surface area contributed by atoms with Gasteiger partial charge in [0.15, 0.2) is 5.82 Å². The first-order valence-corrected chi connectivity index (χ1v) is 7.82. The molecule has 2 aromatic heterocycles. The fourth-order valence-electron chi connectivity index (χ4n) is 2.45. The van der Waals surface area contributed by atoms with Crippen LogP contribution in [-0.2, 0) is 11.3 Å². The van der Waals surface area contributed by atoms with E-state index in [1.54, 1.807) is 23.7 Å². The average molecular weight is 305 g/mol. The van der Waals surface area contributed by atoms with Crippen molar-refractivity contribution in [2.45, 2.75) is 12.6 Å². The standard InChI is InChI=1S/C14H19N5OS/c1-18(2)14-13(16-3-4-17-14)11-9-19(6-7-20-11)10-12-15-5-8-21-12/h3-5,8,11H,6-7,9-10H2,1-2H3/t11-/m0/s1. The van der Waals surface area contributed by atoms with E-state index in [9.17, 15) is 0 Å². The molecule has 1 saturated heterocycles. The van der Waals surface area contributed by atoms with Crippen molar-refractivity contribution in [2.24, 2.45) is 0 Å². The van der Waals surface area contributed by atoms with Gasteiger partial charge in [0.1, 0.15) is 16.8 Å². The van der Waals surface area contributed by atoms with Crippen LogP contribution in [0.25, 0.3) is 0 Å². The van der Waals surface area contributed by atoms with Gasteiger partial charge in [0.25, 0.3) is 0 Å². The monoisotopic (exact) mass is 305 g/mol. The zero-order chi connectivity index (χ0) is 14.7. The van der Waals surface area contributed by atoms with Gasteiger partial charge < -0.3 is 9.64 Å². The molecule has 1 aliphatic rings. The summed E-state index contributed by atoms with van der Waals surface area (Å²) in [4.78, 5) is 17.6. The van der Waals surface area contributed by atoms with Crippen LogP contribution in [0.4, 0.5) is 5.82 Å². The van der Waals surface area contributed by atoms with E-state index in [1.807, 2.05) is 30.6 Å². The highest BCUT2D eigenvalue weighted by molar-refractivity contribution is 7.09. The first-order chi connectivity index (χ1) is 10.2. The van der Waals surface area contributed by atoms with E-state index in [-0.39, 0.29) is 6.10 Å². The Kier molecular flexibility index (Phi) is 4.42. The number of morpholine rings is 1. The molecule has 0 N–H and O–H groups in total. The molecule has 1 atom stereocenters. The fraction of sp³-hybridized carbons (Fsp3) is 0.500. The van der Waals surface area contributed by atoms with E-state index >= 15 is 0 Å². The van der Waals surface area contributed by atoms with Gasteiger partial charge in [-0.2, -0.15) is 0 Å². The van der Waals surface area contributed by atoms with E-state index in [1.165, 1.54) is 0 Å². The molecule has 0 bridgehead atoms. The number of hydrogen-bond donors (Lipinski definition) is 0. The lowest BCUT2D eigenvalue weighted by Gasteiger charge is -2.33. The molecule has 0 spiro atoms. The molecule has 0 aromatic carbocycles. The molecule has 0 radical (unpaired) electrons. The van der Waals surface area contributed by atoms with Crippen LogP contribution >= 0.6 is 11.3 Å². The van der Waals surface area contributed by atoms with Crippen molar-refractivity contribution in [3.63, 3.8) is 0 Å². The Labute approximate surface area is 128 Å². The minimum atomic E-state index is -0.0372. The second-order valence-corrected chi connectivity index (χ2v) is 6.16. The number of rotatable bonds is 4. The Balaban J connectivity index is 1.74. The van der Waals surface area contributed by atoms with Gasteiger partial charge in [-0.15, -0.1) is 11.3 Å². The van der Waals surface area contributed by atoms with Crippen LogP contribution in [0.2, 0.25) is 0 Å². The SMILES string of the molecule is CN(C)c1nccnc1[C@@H]1CN(Cc2nccs2)CCO1. The van der Waals surface area contributed by atoms with E-state index in [0.717, 1.165) is 36.2 Å². The summed E-state index contributed by atoms with van der Waals surface area (Å²) in [5.74, 6) is 0.874. The van der Waals surface area contributed by atoms with Crippen LogP contribution in [0.5, 0.6) is 0 Å². The van der Waals surface area contributed by atoms with Crippen LogP contribution in [0.15, 0.2) is 24.0 Å². The van der Waals surface area contributed by atoms with E-state index in [2.05, 4.69) is 19.9 Å². The molecule has 7 heteroatoms. The molecule has 3 heterocycles. The maximum atomic E-state index is 5.92. The summed E-state index contributed by atoms with van der Waals surface area (Å²) >= 11 is 1.69. The summed E-state index contributed by atoms with van der Waals surface area (Å²) in [6.45, 7) is 3.32. The van der Waals surface area contributed by atoms with Gasteiger partial charge in [-0.25, -0.2) is 9.97 Å². The molecule has 1 aliphatic heterocycles. The predicted octanol–water partition coefficient (Wildman–Crippen LogP) is 1.57. The predicted molar refractivity (Wildman–Crippen MR) is 82.4 cm³/mol. The third-order valence-electron chi connectivity index (χ3n) is 3.43.